The smallest absolute Gasteiger partial charge is 0.254 e. The lowest BCUT2D eigenvalue weighted by atomic mass is 9.90. The summed E-state index contributed by atoms with van der Waals surface area (Å²) in [6, 6.07) is 20.3. The van der Waals surface area contributed by atoms with Crippen LogP contribution in [0.5, 0.6) is 0 Å². The first-order valence-corrected chi connectivity index (χ1v) is 10.0. The molecule has 1 aliphatic heterocycles. The van der Waals surface area contributed by atoms with Gasteiger partial charge < -0.3 is 4.90 Å². The van der Waals surface area contributed by atoms with Crippen LogP contribution < -0.4 is 0 Å². The highest BCUT2D eigenvalue weighted by molar-refractivity contribution is 6.07. The number of para-hydroxylation sites is 1. The molecule has 1 amide bonds. The number of pyridine rings is 1. The molecule has 0 saturated carbocycles. The summed E-state index contributed by atoms with van der Waals surface area (Å²) < 4.78 is 0. The quantitative estimate of drug-likeness (QED) is 0.561. The Morgan fingerprint density at radius 3 is 2.72 bits per heavy atom. The molecule has 1 unspecified atom stereocenters. The molecule has 5 heteroatoms. The van der Waals surface area contributed by atoms with Gasteiger partial charge in [0, 0.05) is 36.2 Å². The molecule has 1 atom stereocenters. The Morgan fingerprint density at radius 2 is 1.90 bits per heavy atom. The number of likely N-dealkylation sites (tertiary alicyclic amines) is 1. The van der Waals surface area contributed by atoms with Crippen LogP contribution in [0.25, 0.3) is 22.2 Å². The lowest BCUT2D eigenvalue weighted by Gasteiger charge is -2.33. The maximum absolute atomic E-state index is 13.6. The normalized spacial score (nSPS) is 16.8. The van der Waals surface area contributed by atoms with Crippen LogP contribution in [-0.2, 0) is 0 Å². The van der Waals surface area contributed by atoms with Gasteiger partial charge in [0.2, 0.25) is 0 Å². The number of carbonyl (C=O) groups excluding carboxylic acids is 1. The van der Waals surface area contributed by atoms with Crippen LogP contribution in [0.4, 0.5) is 0 Å². The molecule has 0 radical (unpaired) electrons. The van der Waals surface area contributed by atoms with E-state index >= 15 is 0 Å². The van der Waals surface area contributed by atoms with Crippen LogP contribution in [0.2, 0.25) is 0 Å². The number of nitrogens with zero attached hydrogens (tertiary/aromatic N) is 3. The van der Waals surface area contributed by atoms with E-state index in [4.69, 9.17) is 4.98 Å². The molecule has 4 aromatic rings. The van der Waals surface area contributed by atoms with E-state index in [2.05, 4.69) is 34.5 Å². The second kappa shape index (κ2) is 7.51. The van der Waals surface area contributed by atoms with E-state index in [0.29, 0.717) is 11.5 Å². The van der Waals surface area contributed by atoms with Crippen molar-refractivity contribution >= 4 is 16.8 Å². The van der Waals surface area contributed by atoms with Gasteiger partial charge in [-0.3, -0.25) is 9.89 Å². The van der Waals surface area contributed by atoms with Crippen molar-refractivity contribution in [2.75, 3.05) is 13.1 Å². The summed E-state index contributed by atoms with van der Waals surface area (Å²) in [7, 11) is 0. The number of hydrogen-bond donors (Lipinski definition) is 1. The second-order valence-corrected chi connectivity index (χ2v) is 7.56. The summed E-state index contributed by atoms with van der Waals surface area (Å²) in [6.45, 7) is 1.54. The molecule has 2 aromatic heterocycles. The zero-order valence-corrected chi connectivity index (χ0v) is 16.1. The molecule has 1 saturated heterocycles. The number of carbonyl (C=O) groups is 1. The monoisotopic (exact) mass is 382 g/mol. The molecule has 29 heavy (non-hydrogen) atoms. The van der Waals surface area contributed by atoms with E-state index < -0.39 is 0 Å². The van der Waals surface area contributed by atoms with Crippen LogP contribution in [-0.4, -0.2) is 39.1 Å². The highest BCUT2D eigenvalue weighted by Crippen LogP contribution is 2.30. The first-order chi connectivity index (χ1) is 14.3. The van der Waals surface area contributed by atoms with Gasteiger partial charge in [-0.25, -0.2) is 4.98 Å². The molecule has 3 heterocycles. The number of aromatic nitrogens is 3. The summed E-state index contributed by atoms with van der Waals surface area (Å²) >= 11 is 0. The maximum Gasteiger partial charge on any atom is 0.254 e. The number of piperidine rings is 1. The summed E-state index contributed by atoms with van der Waals surface area (Å²) in [4.78, 5) is 20.3. The first kappa shape index (κ1) is 17.6. The number of H-pyrrole nitrogens is 1. The Balaban J connectivity index is 1.52. The van der Waals surface area contributed by atoms with Crippen LogP contribution in [0, 0.1) is 0 Å². The van der Waals surface area contributed by atoms with Crippen molar-refractivity contribution in [1.82, 2.24) is 20.1 Å². The number of benzene rings is 2. The lowest BCUT2D eigenvalue weighted by molar-refractivity contribution is 0.0709. The van der Waals surface area contributed by atoms with E-state index in [9.17, 15) is 4.79 Å². The SMILES string of the molecule is O=C(c1cc(-c2cn[nH]c2)nc2ccccc12)N1CCCC(c2ccccc2)C1. The van der Waals surface area contributed by atoms with Gasteiger partial charge >= 0.3 is 0 Å². The van der Waals surface area contributed by atoms with Gasteiger partial charge in [0.15, 0.2) is 0 Å². The number of fused-ring (bicyclic) bond motifs is 1. The third kappa shape index (κ3) is 3.40. The van der Waals surface area contributed by atoms with Crippen molar-refractivity contribution in [1.29, 1.82) is 0 Å². The van der Waals surface area contributed by atoms with Gasteiger partial charge in [0.25, 0.3) is 5.91 Å². The fourth-order valence-corrected chi connectivity index (χ4v) is 4.22. The van der Waals surface area contributed by atoms with E-state index in [1.165, 1.54) is 5.56 Å². The van der Waals surface area contributed by atoms with Crippen molar-refractivity contribution in [3.63, 3.8) is 0 Å². The van der Waals surface area contributed by atoms with E-state index in [0.717, 1.165) is 48.1 Å². The topological polar surface area (TPSA) is 61.9 Å². The van der Waals surface area contributed by atoms with Crippen molar-refractivity contribution in [2.24, 2.45) is 0 Å². The van der Waals surface area contributed by atoms with E-state index in [1.54, 1.807) is 12.4 Å². The van der Waals surface area contributed by atoms with Crippen LogP contribution in [0.1, 0.15) is 34.7 Å². The predicted molar refractivity (Wildman–Crippen MR) is 114 cm³/mol. The Hall–Kier alpha value is -3.47. The summed E-state index contributed by atoms with van der Waals surface area (Å²) in [5, 5.41) is 7.75. The third-order valence-electron chi connectivity index (χ3n) is 5.72. The van der Waals surface area contributed by atoms with Crippen LogP contribution in [0.15, 0.2) is 73.1 Å². The minimum atomic E-state index is 0.0778. The highest BCUT2D eigenvalue weighted by Gasteiger charge is 2.27. The zero-order valence-electron chi connectivity index (χ0n) is 16.1. The summed E-state index contributed by atoms with van der Waals surface area (Å²) in [6.07, 6.45) is 5.67. The standard InChI is InChI=1S/C24H22N4O/c29-24(28-12-6-9-18(16-28)17-7-2-1-3-8-17)21-13-23(19-14-25-26-15-19)27-22-11-5-4-10-20(21)22/h1-5,7-8,10-11,13-15,18H,6,9,12,16H2,(H,25,26). The number of aromatic amines is 1. The fraction of sp³-hybridized carbons (Fsp3) is 0.208. The van der Waals surface area contributed by atoms with Gasteiger partial charge in [-0.05, 0) is 30.5 Å². The molecule has 0 spiro atoms. The van der Waals surface area contributed by atoms with Crippen molar-refractivity contribution in [3.8, 4) is 11.3 Å². The molecule has 2 aromatic carbocycles. The van der Waals surface area contributed by atoms with E-state index in [1.807, 2.05) is 41.3 Å². The molecule has 1 fully saturated rings. The Morgan fingerprint density at radius 1 is 1.07 bits per heavy atom. The maximum atomic E-state index is 13.6. The third-order valence-corrected chi connectivity index (χ3v) is 5.72. The Labute approximate surface area is 169 Å². The minimum Gasteiger partial charge on any atom is -0.338 e. The van der Waals surface area contributed by atoms with Crippen molar-refractivity contribution in [2.45, 2.75) is 18.8 Å². The minimum absolute atomic E-state index is 0.0778. The van der Waals surface area contributed by atoms with Crippen molar-refractivity contribution < 1.29 is 4.79 Å². The van der Waals surface area contributed by atoms with Gasteiger partial charge in [-0.15, -0.1) is 0 Å². The molecule has 0 aliphatic carbocycles. The predicted octanol–water partition coefficient (Wildman–Crippen LogP) is 4.64. The molecule has 5 rings (SSSR count). The first-order valence-electron chi connectivity index (χ1n) is 10.0. The average molecular weight is 382 g/mol. The molecular formula is C24H22N4O. The number of amides is 1. The average Bonchev–Trinajstić information content (AvgIpc) is 3.34. The largest absolute Gasteiger partial charge is 0.338 e. The highest BCUT2D eigenvalue weighted by atomic mass is 16.2. The second-order valence-electron chi connectivity index (χ2n) is 7.56. The fourth-order valence-electron chi connectivity index (χ4n) is 4.22. The molecule has 0 bridgehead atoms. The Kier molecular flexibility index (Phi) is 4.56. The lowest BCUT2D eigenvalue weighted by Crippen LogP contribution is -2.39. The molecular weight excluding hydrogens is 360 g/mol. The number of rotatable bonds is 3. The van der Waals surface area contributed by atoms with Crippen LogP contribution in [0.3, 0.4) is 0 Å². The zero-order chi connectivity index (χ0) is 19.6. The van der Waals surface area contributed by atoms with Gasteiger partial charge in [0.1, 0.15) is 0 Å². The molecule has 1 aliphatic rings. The van der Waals surface area contributed by atoms with Gasteiger partial charge in [-0.2, -0.15) is 5.10 Å². The Bertz CT molecular complexity index is 1140. The van der Waals surface area contributed by atoms with E-state index in [-0.39, 0.29) is 5.91 Å². The van der Waals surface area contributed by atoms with Gasteiger partial charge in [-0.1, -0.05) is 48.5 Å². The molecule has 5 nitrogen and oxygen atoms in total. The number of hydrogen-bond acceptors (Lipinski definition) is 3. The molecule has 1 N–H and O–H groups in total. The molecule has 144 valence electrons. The van der Waals surface area contributed by atoms with Crippen LogP contribution >= 0.6 is 0 Å². The summed E-state index contributed by atoms with van der Waals surface area (Å²) in [5.74, 6) is 0.462. The van der Waals surface area contributed by atoms with Crippen molar-refractivity contribution in [3.05, 3.63) is 84.2 Å². The number of nitrogens with one attached hydrogen (secondary N) is 1. The van der Waals surface area contributed by atoms with Gasteiger partial charge in [0.05, 0.1) is 23.0 Å². The summed E-state index contributed by atoms with van der Waals surface area (Å²) in [5.41, 5.74) is 4.48.